The fourth-order valence-electron chi connectivity index (χ4n) is 7.40. The molecule has 0 N–H and O–H groups in total. The molecule has 9 rings (SSSR count). The molecule has 0 radical (unpaired) electrons. The maximum Gasteiger partial charge on any atom is 0.119 e. The van der Waals surface area contributed by atoms with Crippen LogP contribution in [0, 0.1) is 0 Å². The van der Waals surface area contributed by atoms with Crippen LogP contribution in [0.4, 0.5) is 17.1 Å². The number of nitrogens with zero attached hydrogens (tertiary/aromatic N) is 3. The molecule has 2 aromatic heterocycles. The van der Waals surface area contributed by atoms with E-state index in [4.69, 9.17) is 14.2 Å². The normalized spacial score (nSPS) is 11.4. The van der Waals surface area contributed by atoms with Gasteiger partial charge in [0.1, 0.15) is 17.2 Å². The lowest BCUT2D eigenvalue weighted by atomic mass is 10.1. The number of para-hydroxylation sites is 2. The van der Waals surface area contributed by atoms with E-state index in [9.17, 15) is 0 Å². The van der Waals surface area contributed by atoms with Crippen LogP contribution in [0.1, 0.15) is 0 Å². The number of hydrogen-bond acceptors (Lipinski definition) is 4. The minimum absolute atomic E-state index is 0.815. The molecule has 0 spiro atoms. The number of aromatic nitrogens is 2. The Kier molecular flexibility index (Phi) is 7.36. The minimum Gasteiger partial charge on any atom is -0.497 e. The van der Waals surface area contributed by atoms with Gasteiger partial charge in [-0.05, 0) is 121 Å². The van der Waals surface area contributed by atoms with Crippen molar-refractivity contribution in [3.63, 3.8) is 0 Å². The first kappa shape index (κ1) is 30.4. The molecule has 248 valence electrons. The van der Waals surface area contributed by atoms with Gasteiger partial charge in [-0.3, -0.25) is 0 Å². The number of rotatable bonds is 8. The summed E-state index contributed by atoms with van der Waals surface area (Å²) in [6.45, 7) is 0. The zero-order valence-corrected chi connectivity index (χ0v) is 28.6. The summed E-state index contributed by atoms with van der Waals surface area (Å²) in [4.78, 5) is 2.33. The smallest absolute Gasteiger partial charge is 0.119 e. The van der Waals surface area contributed by atoms with Gasteiger partial charge in [0.15, 0.2) is 0 Å². The monoisotopic (exact) mass is 665 g/mol. The van der Waals surface area contributed by atoms with Gasteiger partial charge in [-0.2, -0.15) is 0 Å². The van der Waals surface area contributed by atoms with E-state index in [0.29, 0.717) is 0 Å². The number of methoxy groups -OCH3 is 3. The molecule has 0 aliphatic carbocycles. The molecule has 9 aromatic rings. The number of ether oxygens (including phenoxy) is 3. The van der Waals surface area contributed by atoms with E-state index in [0.717, 1.165) is 67.8 Å². The Morgan fingerprint density at radius 3 is 1.12 bits per heavy atom. The Labute approximate surface area is 295 Å². The predicted octanol–water partition coefficient (Wildman–Crippen LogP) is 11.4. The average molecular weight is 666 g/mol. The lowest BCUT2D eigenvalue weighted by Crippen LogP contribution is -2.10. The second-order valence-electron chi connectivity index (χ2n) is 12.5. The maximum absolute atomic E-state index is 5.55. The van der Waals surface area contributed by atoms with Crippen LogP contribution in [0.5, 0.6) is 17.2 Å². The third-order valence-electron chi connectivity index (χ3n) is 9.82. The summed E-state index contributed by atoms with van der Waals surface area (Å²) in [6, 6.07) is 55.5. The zero-order chi connectivity index (χ0) is 34.5. The quantitative estimate of drug-likeness (QED) is 0.162. The van der Waals surface area contributed by atoms with E-state index in [2.05, 4.69) is 135 Å². The first-order chi connectivity index (χ1) is 25.1. The Balaban J connectivity index is 1.25. The molecule has 6 heteroatoms. The molecular weight excluding hydrogens is 631 g/mol. The fourth-order valence-corrected chi connectivity index (χ4v) is 7.40. The van der Waals surface area contributed by atoms with Gasteiger partial charge in [0, 0.05) is 50.0 Å². The van der Waals surface area contributed by atoms with Crippen LogP contribution in [0.15, 0.2) is 158 Å². The highest BCUT2D eigenvalue weighted by atomic mass is 16.5. The van der Waals surface area contributed by atoms with Crippen LogP contribution >= 0.6 is 0 Å². The summed E-state index contributed by atoms with van der Waals surface area (Å²) < 4.78 is 21.1. The van der Waals surface area contributed by atoms with Crippen LogP contribution < -0.4 is 19.1 Å². The third-order valence-corrected chi connectivity index (χ3v) is 9.82. The van der Waals surface area contributed by atoms with Crippen molar-refractivity contribution in [3.05, 3.63) is 158 Å². The minimum atomic E-state index is 0.815. The van der Waals surface area contributed by atoms with E-state index in [1.54, 1.807) is 21.3 Å². The third kappa shape index (κ3) is 5.03. The summed E-state index contributed by atoms with van der Waals surface area (Å²) in [5.74, 6) is 2.48. The summed E-state index contributed by atoms with van der Waals surface area (Å²) in [5.41, 5.74) is 9.90. The van der Waals surface area contributed by atoms with E-state index in [1.807, 2.05) is 36.4 Å². The van der Waals surface area contributed by atoms with Crippen molar-refractivity contribution in [1.29, 1.82) is 0 Å². The van der Waals surface area contributed by atoms with Crippen molar-refractivity contribution in [3.8, 4) is 28.6 Å². The Morgan fingerprint density at radius 1 is 0.353 bits per heavy atom. The summed E-state index contributed by atoms with van der Waals surface area (Å²) in [5, 5.41) is 4.74. The molecule has 7 aromatic carbocycles. The first-order valence-corrected chi connectivity index (χ1v) is 16.9. The Bertz CT molecular complexity index is 2520. The van der Waals surface area contributed by atoms with Crippen molar-refractivity contribution in [2.24, 2.45) is 0 Å². The van der Waals surface area contributed by atoms with Gasteiger partial charge < -0.3 is 28.2 Å². The van der Waals surface area contributed by atoms with E-state index in [-0.39, 0.29) is 0 Å². The first-order valence-electron chi connectivity index (χ1n) is 16.9. The Morgan fingerprint density at radius 2 is 0.706 bits per heavy atom. The van der Waals surface area contributed by atoms with Gasteiger partial charge >= 0.3 is 0 Å². The fraction of sp³-hybridized carbons (Fsp3) is 0.0667. The molecule has 51 heavy (non-hydrogen) atoms. The number of anilines is 3. The molecule has 2 heterocycles. The van der Waals surface area contributed by atoms with Crippen LogP contribution in [0.25, 0.3) is 55.0 Å². The van der Waals surface area contributed by atoms with Crippen molar-refractivity contribution < 1.29 is 14.2 Å². The molecule has 0 aliphatic rings. The SMILES string of the molecule is COc1ccc(N(c2ccc3c(c2)c2ccccc2n3-c2ccc(OC)cc2)c2ccc3c(c2)c2ccccc2n3-c2ccc(OC)cc2)cc1. The van der Waals surface area contributed by atoms with Crippen LogP contribution in [-0.4, -0.2) is 30.5 Å². The van der Waals surface area contributed by atoms with E-state index in [1.165, 1.54) is 21.5 Å². The molecule has 0 amide bonds. The van der Waals surface area contributed by atoms with Crippen LogP contribution in [0.2, 0.25) is 0 Å². The molecule has 0 unspecified atom stereocenters. The van der Waals surface area contributed by atoms with Crippen molar-refractivity contribution in [1.82, 2.24) is 9.13 Å². The number of fused-ring (bicyclic) bond motifs is 6. The molecule has 0 atom stereocenters. The molecule has 0 aliphatic heterocycles. The summed E-state index contributed by atoms with van der Waals surface area (Å²) in [7, 11) is 5.09. The highest BCUT2D eigenvalue weighted by molar-refractivity contribution is 6.12. The molecule has 0 fully saturated rings. The van der Waals surface area contributed by atoms with Gasteiger partial charge in [-0.25, -0.2) is 0 Å². The molecule has 6 nitrogen and oxygen atoms in total. The maximum atomic E-state index is 5.55. The van der Waals surface area contributed by atoms with Crippen LogP contribution in [0.3, 0.4) is 0 Å². The van der Waals surface area contributed by atoms with Gasteiger partial charge in [0.05, 0.1) is 43.4 Å². The van der Waals surface area contributed by atoms with E-state index >= 15 is 0 Å². The second kappa shape index (κ2) is 12.3. The highest BCUT2D eigenvalue weighted by Gasteiger charge is 2.20. The van der Waals surface area contributed by atoms with Crippen molar-refractivity contribution >= 4 is 60.7 Å². The molecule has 0 saturated heterocycles. The lowest BCUT2D eigenvalue weighted by Gasteiger charge is -2.26. The van der Waals surface area contributed by atoms with Crippen molar-refractivity contribution in [2.45, 2.75) is 0 Å². The molecule has 0 saturated carbocycles. The summed E-state index contributed by atoms with van der Waals surface area (Å²) in [6.07, 6.45) is 0. The average Bonchev–Trinajstić information content (AvgIpc) is 3.71. The van der Waals surface area contributed by atoms with E-state index < -0.39 is 0 Å². The second-order valence-corrected chi connectivity index (χ2v) is 12.5. The number of benzene rings is 7. The van der Waals surface area contributed by atoms with Gasteiger partial charge in [-0.15, -0.1) is 0 Å². The Hall–Kier alpha value is -6.66. The molecule has 0 bridgehead atoms. The van der Waals surface area contributed by atoms with Crippen LogP contribution in [-0.2, 0) is 0 Å². The predicted molar refractivity (Wildman–Crippen MR) is 209 cm³/mol. The zero-order valence-electron chi connectivity index (χ0n) is 28.6. The van der Waals surface area contributed by atoms with Crippen molar-refractivity contribution in [2.75, 3.05) is 26.2 Å². The van der Waals surface area contributed by atoms with Gasteiger partial charge in [-0.1, -0.05) is 36.4 Å². The van der Waals surface area contributed by atoms with Gasteiger partial charge in [0.2, 0.25) is 0 Å². The lowest BCUT2D eigenvalue weighted by molar-refractivity contribution is 0.414. The van der Waals surface area contributed by atoms with Gasteiger partial charge in [0.25, 0.3) is 0 Å². The largest absolute Gasteiger partial charge is 0.497 e. The summed E-state index contributed by atoms with van der Waals surface area (Å²) >= 11 is 0. The standard InChI is InChI=1S/C45H35N3O3/c1-49-35-20-12-30(13-21-35)46(33-18-26-44-40(28-33)38-8-4-6-10-42(38)47(44)31-14-22-36(50-2)23-15-31)34-19-27-45-41(29-34)39-9-5-7-11-43(39)48(45)32-16-24-37(51-3)25-17-32/h4-29H,1-3H3. The topological polar surface area (TPSA) is 40.8 Å². The highest BCUT2D eigenvalue weighted by Crippen LogP contribution is 2.42. The number of hydrogen-bond donors (Lipinski definition) is 0. The molecular formula is C45H35N3O3.